The summed E-state index contributed by atoms with van der Waals surface area (Å²) in [4.78, 5) is 26.6. The third-order valence-corrected chi connectivity index (χ3v) is 4.96. The van der Waals surface area contributed by atoms with Gasteiger partial charge in [-0.1, -0.05) is 25.5 Å². The molecule has 1 aliphatic heterocycles. The Morgan fingerprint density at radius 2 is 1.84 bits per heavy atom. The fraction of sp³-hybridized carbons (Fsp3) is 0.579. The van der Waals surface area contributed by atoms with E-state index in [2.05, 4.69) is 6.92 Å². The average Bonchev–Trinajstić information content (AvgIpc) is 2.92. The molecule has 0 spiro atoms. The molecule has 0 saturated carbocycles. The number of likely N-dealkylation sites (tertiary alicyclic amines) is 1. The summed E-state index contributed by atoms with van der Waals surface area (Å²) in [5.74, 6) is 0. The lowest BCUT2D eigenvalue weighted by atomic mass is 10.0. The molecule has 0 radical (unpaired) electrons. The van der Waals surface area contributed by atoms with Gasteiger partial charge >= 0.3 is 11.8 Å². The van der Waals surface area contributed by atoms with Crippen LogP contribution in [-0.4, -0.2) is 39.8 Å². The Kier molecular flexibility index (Phi) is 5.46. The van der Waals surface area contributed by atoms with Crippen LogP contribution >= 0.6 is 0 Å². The highest BCUT2D eigenvalue weighted by atomic mass is 16.6. The van der Waals surface area contributed by atoms with Gasteiger partial charge in [0.2, 0.25) is 0 Å². The van der Waals surface area contributed by atoms with Crippen molar-refractivity contribution in [3.8, 4) is 0 Å². The normalized spacial score (nSPS) is 15.7. The largest absolute Gasteiger partial charge is 0.450 e. The number of piperidine rings is 1. The first-order valence-electron chi connectivity index (χ1n) is 9.28. The predicted molar refractivity (Wildman–Crippen MR) is 98.0 cm³/mol. The van der Waals surface area contributed by atoms with Crippen LogP contribution in [0.4, 0.5) is 4.79 Å². The third kappa shape index (κ3) is 3.43. The highest BCUT2D eigenvalue weighted by Gasteiger charge is 2.27. The molecule has 136 valence electrons. The molecule has 0 bridgehead atoms. The van der Waals surface area contributed by atoms with Crippen molar-refractivity contribution in [2.45, 2.75) is 52.1 Å². The number of para-hydroxylation sites is 2. The minimum absolute atomic E-state index is 0.0734. The number of hydrogen-bond acceptors (Lipinski definition) is 3. The topological polar surface area (TPSA) is 56.5 Å². The summed E-state index contributed by atoms with van der Waals surface area (Å²) < 4.78 is 8.92. The number of aryl methyl sites for hydroxylation is 1. The van der Waals surface area contributed by atoms with Gasteiger partial charge < -0.3 is 9.64 Å². The molecule has 25 heavy (non-hydrogen) atoms. The second-order valence-corrected chi connectivity index (χ2v) is 6.56. The number of nitrogens with zero attached hydrogens (tertiary/aromatic N) is 3. The average molecular weight is 345 g/mol. The Balaban J connectivity index is 1.86. The zero-order valence-corrected chi connectivity index (χ0v) is 15.1. The van der Waals surface area contributed by atoms with Crippen LogP contribution in [-0.2, 0) is 11.3 Å². The summed E-state index contributed by atoms with van der Waals surface area (Å²) in [5.41, 5.74) is 2.08. The zero-order valence-electron chi connectivity index (χ0n) is 15.1. The van der Waals surface area contributed by atoms with Gasteiger partial charge in [-0.2, -0.15) is 0 Å². The fourth-order valence-corrected chi connectivity index (χ4v) is 3.64. The van der Waals surface area contributed by atoms with Gasteiger partial charge in [-0.3, -0.25) is 9.13 Å². The zero-order chi connectivity index (χ0) is 17.8. The quantitative estimate of drug-likeness (QED) is 0.834. The maximum absolute atomic E-state index is 13.0. The smallest absolute Gasteiger partial charge is 0.409 e. The van der Waals surface area contributed by atoms with Crippen molar-refractivity contribution >= 4 is 17.1 Å². The molecular weight excluding hydrogens is 318 g/mol. The molecular formula is C19H27N3O3. The lowest BCUT2D eigenvalue weighted by Crippen LogP contribution is -2.41. The van der Waals surface area contributed by atoms with Gasteiger partial charge in [-0.05, 0) is 38.3 Å². The number of carbonyl (C=O) groups is 1. The summed E-state index contributed by atoms with van der Waals surface area (Å²) in [6.07, 6.45) is 3.36. The molecule has 2 heterocycles. The van der Waals surface area contributed by atoms with Gasteiger partial charge in [0.15, 0.2) is 0 Å². The Bertz CT molecular complexity index is 785. The van der Waals surface area contributed by atoms with Crippen molar-refractivity contribution in [2.75, 3.05) is 19.7 Å². The number of aromatic nitrogens is 2. The highest BCUT2D eigenvalue weighted by molar-refractivity contribution is 5.76. The van der Waals surface area contributed by atoms with Gasteiger partial charge in [0.1, 0.15) is 0 Å². The number of hydrogen-bond donors (Lipinski definition) is 0. The van der Waals surface area contributed by atoms with E-state index in [1.54, 1.807) is 4.90 Å². The number of benzene rings is 1. The number of carbonyl (C=O) groups excluding carboxylic acids is 1. The van der Waals surface area contributed by atoms with E-state index in [1.807, 2.05) is 40.3 Å². The van der Waals surface area contributed by atoms with E-state index in [9.17, 15) is 9.59 Å². The molecule has 1 fully saturated rings. The number of ether oxygens (including phenoxy) is 1. The van der Waals surface area contributed by atoms with Crippen LogP contribution in [0.25, 0.3) is 11.0 Å². The SMILES string of the molecule is CCCCn1c(=O)n(C2CCN(C(=O)OCC)CC2)c2ccccc21. The van der Waals surface area contributed by atoms with E-state index in [-0.39, 0.29) is 17.8 Å². The molecule has 0 N–H and O–H groups in total. The van der Waals surface area contributed by atoms with E-state index in [0.717, 1.165) is 43.3 Å². The van der Waals surface area contributed by atoms with Gasteiger partial charge in [-0.15, -0.1) is 0 Å². The third-order valence-electron chi connectivity index (χ3n) is 4.96. The summed E-state index contributed by atoms with van der Waals surface area (Å²) >= 11 is 0. The molecule has 1 aromatic carbocycles. The van der Waals surface area contributed by atoms with E-state index in [0.29, 0.717) is 19.7 Å². The molecule has 1 saturated heterocycles. The number of amides is 1. The van der Waals surface area contributed by atoms with Crippen LogP contribution in [0, 0.1) is 0 Å². The molecule has 1 amide bonds. The summed E-state index contributed by atoms with van der Waals surface area (Å²) in [7, 11) is 0. The Morgan fingerprint density at radius 3 is 2.48 bits per heavy atom. The van der Waals surface area contributed by atoms with Crippen molar-refractivity contribution in [1.82, 2.24) is 14.0 Å². The van der Waals surface area contributed by atoms with Crippen LogP contribution in [0.5, 0.6) is 0 Å². The minimum Gasteiger partial charge on any atom is -0.450 e. The molecule has 0 unspecified atom stereocenters. The molecule has 3 rings (SSSR count). The van der Waals surface area contributed by atoms with Crippen molar-refractivity contribution in [1.29, 1.82) is 0 Å². The maximum atomic E-state index is 13.0. The number of imidazole rings is 1. The van der Waals surface area contributed by atoms with Crippen molar-refractivity contribution in [3.63, 3.8) is 0 Å². The van der Waals surface area contributed by atoms with Gasteiger partial charge in [0.05, 0.1) is 17.6 Å². The van der Waals surface area contributed by atoms with Crippen LogP contribution < -0.4 is 5.69 Å². The molecule has 1 aliphatic rings. The van der Waals surface area contributed by atoms with E-state index in [1.165, 1.54) is 0 Å². The second-order valence-electron chi connectivity index (χ2n) is 6.56. The lowest BCUT2D eigenvalue weighted by molar-refractivity contribution is 0.0927. The first-order valence-corrected chi connectivity index (χ1v) is 9.28. The summed E-state index contributed by atoms with van der Waals surface area (Å²) in [5, 5.41) is 0. The van der Waals surface area contributed by atoms with E-state index < -0.39 is 0 Å². The second kappa shape index (κ2) is 7.76. The number of rotatable bonds is 5. The van der Waals surface area contributed by atoms with Crippen LogP contribution in [0.2, 0.25) is 0 Å². The van der Waals surface area contributed by atoms with Crippen molar-refractivity contribution < 1.29 is 9.53 Å². The molecule has 1 aromatic heterocycles. The molecule has 2 aromatic rings. The highest BCUT2D eigenvalue weighted by Crippen LogP contribution is 2.26. The molecule has 0 aliphatic carbocycles. The van der Waals surface area contributed by atoms with Crippen LogP contribution in [0.3, 0.4) is 0 Å². The Labute approximate surface area is 148 Å². The summed E-state index contributed by atoms with van der Waals surface area (Å²) in [6, 6.07) is 8.15. The summed E-state index contributed by atoms with van der Waals surface area (Å²) in [6.45, 7) is 6.35. The minimum atomic E-state index is -0.251. The molecule has 6 nitrogen and oxygen atoms in total. The van der Waals surface area contributed by atoms with Crippen molar-refractivity contribution in [2.24, 2.45) is 0 Å². The molecule has 6 heteroatoms. The number of unbranched alkanes of at least 4 members (excludes halogenated alkanes) is 1. The van der Waals surface area contributed by atoms with Crippen LogP contribution in [0.15, 0.2) is 29.1 Å². The Hall–Kier alpha value is -2.24. The lowest BCUT2D eigenvalue weighted by Gasteiger charge is -2.31. The van der Waals surface area contributed by atoms with Gasteiger partial charge in [0.25, 0.3) is 0 Å². The van der Waals surface area contributed by atoms with E-state index in [4.69, 9.17) is 4.74 Å². The molecule has 0 atom stereocenters. The standard InChI is InChI=1S/C19H27N3O3/c1-3-5-12-21-16-8-6-7-9-17(16)22(18(21)23)15-10-13-20(14-11-15)19(24)25-4-2/h6-9,15H,3-5,10-14H2,1-2H3. The first kappa shape index (κ1) is 17.6. The fourth-order valence-electron chi connectivity index (χ4n) is 3.64. The van der Waals surface area contributed by atoms with Crippen molar-refractivity contribution in [3.05, 3.63) is 34.7 Å². The van der Waals surface area contributed by atoms with Crippen LogP contribution in [0.1, 0.15) is 45.6 Å². The van der Waals surface area contributed by atoms with E-state index >= 15 is 0 Å². The van der Waals surface area contributed by atoms with Gasteiger partial charge in [-0.25, -0.2) is 9.59 Å². The first-order chi connectivity index (χ1) is 12.2. The monoisotopic (exact) mass is 345 g/mol. The maximum Gasteiger partial charge on any atom is 0.409 e. The van der Waals surface area contributed by atoms with Gasteiger partial charge in [0, 0.05) is 25.7 Å². The number of fused-ring (bicyclic) bond motifs is 1. The Morgan fingerprint density at radius 1 is 1.16 bits per heavy atom. The predicted octanol–water partition coefficient (Wildman–Crippen LogP) is 3.40.